The molecule has 1 amide bonds. The largest absolute Gasteiger partial charge is 0.326 e. The van der Waals surface area contributed by atoms with Crippen LogP contribution in [0.5, 0.6) is 0 Å². The van der Waals surface area contributed by atoms with Gasteiger partial charge in [0.1, 0.15) is 0 Å². The van der Waals surface area contributed by atoms with Crippen LogP contribution in [-0.2, 0) is 11.3 Å². The molecule has 0 saturated carbocycles. The molecule has 0 fully saturated rings. The number of carbonyl (C=O) groups is 1. The van der Waals surface area contributed by atoms with E-state index in [9.17, 15) is 13.6 Å². The van der Waals surface area contributed by atoms with Crippen molar-refractivity contribution in [2.24, 2.45) is 5.92 Å². The normalized spacial score (nSPS) is 12.2. The minimum absolute atomic E-state index is 0.224. The van der Waals surface area contributed by atoms with Gasteiger partial charge in [0, 0.05) is 18.0 Å². The summed E-state index contributed by atoms with van der Waals surface area (Å²) in [6.07, 6.45) is 3.38. The van der Waals surface area contributed by atoms with Gasteiger partial charge in [-0.1, -0.05) is 6.92 Å². The van der Waals surface area contributed by atoms with Crippen molar-refractivity contribution in [1.29, 1.82) is 0 Å². The summed E-state index contributed by atoms with van der Waals surface area (Å²) in [5, 5.41) is 6.59. The summed E-state index contributed by atoms with van der Waals surface area (Å²) in [6.45, 7) is 2.12. The molecule has 1 aromatic carbocycles. The molecule has 0 saturated heterocycles. The quantitative estimate of drug-likeness (QED) is 0.926. The average Bonchev–Trinajstić information content (AvgIpc) is 2.79. The highest BCUT2D eigenvalue weighted by Crippen LogP contribution is 2.15. The second-order valence-electron chi connectivity index (χ2n) is 4.40. The predicted molar refractivity (Wildman–Crippen MR) is 74.1 cm³/mol. The zero-order valence-corrected chi connectivity index (χ0v) is 12.2. The van der Waals surface area contributed by atoms with E-state index in [4.69, 9.17) is 0 Å². The second-order valence-corrected chi connectivity index (χ2v) is 5.32. The van der Waals surface area contributed by atoms with E-state index in [2.05, 4.69) is 26.3 Å². The fraction of sp³-hybridized carbons (Fsp3) is 0.231. The summed E-state index contributed by atoms with van der Waals surface area (Å²) < 4.78 is 28.3. The number of carbonyl (C=O) groups excluding carboxylic acids is 1. The number of hydrogen-bond acceptors (Lipinski definition) is 2. The van der Waals surface area contributed by atoms with Gasteiger partial charge >= 0.3 is 0 Å². The Labute approximate surface area is 122 Å². The number of benzene rings is 1. The van der Waals surface area contributed by atoms with Gasteiger partial charge in [0.25, 0.3) is 0 Å². The first-order valence-electron chi connectivity index (χ1n) is 5.89. The summed E-state index contributed by atoms with van der Waals surface area (Å²) >= 11 is 3.27. The molecule has 0 radical (unpaired) electrons. The Balaban J connectivity index is 1.98. The summed E-state index contributed by atoms with van der Waals surface area (Å²) in [5.74, 6) is -2.60. The summed E-state index contributed by atoms with van der Waals surface area (Å²) in [6, 6.07) is 3.23. The third-order valence-electron chi connectivity index (χ3n) is 2.70. The number of aromatic nitrogens is 2. The minimum Gasteiger partial charge on any atom is -0.326 e. The summed E-state index contributed by atoms with van der Waals surface area (Å²) in [5.41, 5.74) is 0.224. The average molecular weight is 344 g/mol. The third kappa shape index (κ3) is 3.63. The molecule has 2 aromatic rings. The van der Waals surface area contributed by atoms with E-state index in [0.717, 1.165) is 16.6 Å². The lowest BCUT2D eigenvalue weighted by Crippen LogP contribution is -2.24. The zero-order chi connectivity index (χ0) is 14.7. The number of nitrogens with one attached hydrogen (secondary N) is 1. The number of anilines is 1. The van der Waals surface area contributed by atoms with Crippen molar-refractivity contribution in [2.75, 3.05) is 5.32 Å². The lowest BCUT2D eigenvalue weighted by atomic mass is 10.1. The molecule has 1 heterocycles. The van der Waals surface area contributed by atoms with Gasteiger partial charge in [0.05, 0.1) is 23.1 Å². The third-order valence-corrected chi connectivity index (χ3v) is 3.11. The highest BCUT2D eigenvalue weighted by atomic mass is 79.9. The molecule has 106 valence electrons. The second kappa shape index (κ2) is 6.13. The number of halogens is 3. The van der Waals surface area contributed by atoms with E-state index in [1.165, 1.54) is 6.07 Å². The maximum atomic E-state index is 13.0. The highest BCUT2D eigenvalue weighted by Gasteiger charge is 2.15. The first-order valence-corrected chi connectivity index (χ1v) is 6.69. The first kappa shape index (κ1) is 14.6. The molecular weight excluding hydrogens is 332 g/mol. The molecule has 0 spiro atoms. The van der Waals surface area contributed by atoms with Crippen molar-refractivity contribution in [3.63, 3.8) is 0 Å². The van der Waals surface area contributed by atoms with Crippen molar-refractivity contribution in [3.8, 4) is 0 Å². The molecule has 1 aromatic heterocycles. The number of rotatable bonds is 4. The lowest BCUT2D eigenvalue weighted by Gasteiger charge is -2.12. The minimum atomic E-state index is -0.994. The first-order chi connectivity index (χ1) is 9.45. The van der Waals surface area contributed by atoms with E-state index >= 15 is 0 Å². The molecule has 2 rings (SSSR count). The van der Waals surface area contributed by atoms with Crippen LogP contribution in [0.1, 0.15) is 6.92 Å². The van der Waals surface area contributed by atoms with Gasteiger partial charge in [-0.3, -0.25) is 9.48 Å². The van der Waals surface area contributed by atoms with Crippen molar-refractivity contribution < 1.29 is 13.6 Å². The Morgan fingerprint density at radius 3 is 2.80 bits per heavy atom. The van der Waals surface area contributed by atoms with Crippen LogP contribution in [0.15, 0.2) is 35.1 Å². The van der Waals surface area contributed by atoms with E-state index in [1.54, 1.807) is 24.0 Å². The van der Waals surface area contributed by atoms with Gasteiger partial charge in [0.2, 0.25) is 5.91 Å². The molecule has 0 aliphatic carbocycles. The Morgan fingerprint density at radius 2 is 2.20 bits per heavy atom. The molecule has 1 unspecified atom stereocenters. The molecule has 1 N–H and O–H groups in total. The fourth-order valence-electron chi connectivity index (χ4n) is 1.64. The summed E-state index contributed by atoms with van der Waals surface area (Å²) in [4.78, 5) is 11.9. The SMILES string of the molecule is CC(Cn1cc(Br)cn1)C(=O)Nc1ccc(F)c(F)c1. The standard InChI is InChI=1S/C13H12BrF2N3O/c1-8(6-19-7-9(14)5-17-19)13(20)18-10-2-3-11(15)12(16)4-10/h2-5,7-8H,6H2,1H3,(H,18,20). The van der Waals surface area contributed by atoms with Crippen LogP contribution in [0.3, 0.4) is 0 Å². The van der Waals surface area contributed by atoms with Gasteiger partial charge in [-0.05, 0) is 28.1 Å². The molecule has 0 bridgehead atoms. The van der Waals surface area contributed by atoms with Gasteiger partial charge in [-0.2, -0.15) is 5.10 Å². The van der Waals surface area contributed by atoms with Crippen LogP contribution < -0.4 is 5.32 Å². The maximum absolute atomic E-state index is 13.0. The molecular formula is C13H12BrF2N3O. The summed E-state index contributed by atoms with van der Waals surface area (Å²) in [7, 11) is 0. The van der Waals surface area contributed by atoms with Gasteiger partial charge in [-0.25, -0.2) is 8.78 Å². The van der Waals surface area contributed by atoms with Crippen molar-refractivity contribution in [3.05, 3.63) is 46.7 Å². The molecule has 7 heteroatoms. The van der Waals surface area contributed by atoms with Gasteiger partial charge in [0.15, 0.2) is 11.6 Å². The van der Waals surface area contributed by atoms with Crippen molar-refractivity contribution in [1.82, 2.24) is 9.78 Å². The molecule has 0 aliphatic rings. The van der Waals surface area contributed by atoms with Crippen LogP contribution in [-0.4, -0.2) is 15.7 Å². The van der Waals surface area contributed by atoms with Crippen LogP contribution >= 0.6 is 15.9 Å². The molecule has 20 heavy (non-hydrogen) atoms. The zero-order valence-electron chi connectivity index (χ0n) is 10.6. The Hall–Kier alpha value is -1.76. The Bertz CT molecular complexity index is 630. The Morgan fingerprint density at radius 1 is 1.45 bits per heavy atom. The molecule has 0 aliphatic heterocycles. The fourth-order valence-corrected chi connectivity index (χ4v) is 1.97. The van der Waals surface area contributed by atoms with E-state index < -0.39 is 11.6 Å². The number of amides is 1. The molecule has 4 nitrogen and oxygen atoms in total. The maximum Gasteiger partial charge on any atom is 0.229 e. The number of hydrogen-bond donors (Lipinski definition) is 1. The number of nitrogens with zero attached hydrogens (tertiary/aromatic N) is 2. The molecule has 1 atom stereocenters. The lowest BCUT2D eigenvalue weighted by molar-refractivity contribution is -0.119. The van der Waals surface area contributed by atoms with Crippen molar-refractivity contribution in [2.45, 2.75) is 13.5 Å². The van der Waals surface area contributed by atoms with Gasteiger partial charge < -0.3 is 5.32 Å². The topological polar surface area (TPSA) is 46.9 Å². The van der Waals surface area contributed by atoms with Crippen LogP contribution in [0.4, 0.5) is 14.5 Å². The Kier molecular flexibility index (Phi) is 4.49. The van der Waals surface area contributed by atoms with Crippen molar-refractivity contribution >= 4 is 27.5 Å². The van der Waals surface area contributed by atoms with Crippen LogP contribution in [0.2, 0.25) is 0 Å². The van der Waals surface area contributed by atoms with Crippen LogP contribution in [0, 0.1) is 17.6 Å². The van der Waals surface area contributed by atoms with E-state index in [0.29, 0.717) is 6.54 Å². The highest BCUT2D eigenvalue weighted by molar-refractivity contribution is 9.10. The van der Waals surface area contributed by atoms with Gasteiger partial charge in [-0.15, -0.1) is 0 Å². The smallest absolute Gasteiger partial charge is 0.229 e. The van der Waals surface area contributed by atoms with Crippen LogP contribution in [0.25, 0.3) is 0 Å². The van der Waals surface area contributed by atoms with E-state index in [-0.39, 0.29) is 17.5 Å². The van der Waals surface area contributed by atoms with E-state index in [1.807, 2.05) is 0 Å². The monoisotopic (exact) mass is 343 g/mol. The predicted octanol–water partition coefficient (Wildman–Crippen LogP) is 3.20.